The van der Waals surface area contributed by atoms with Crippen LogP contribution in [-0.2, 0) is 4.79 Å². The molecule has 0 saturated carbocycles. The molecule has 2 unspecified atom stereocenters. The third-order valence-electron chi connectivity index (χ3n) is 3.93. The maximum absolute atomic E-state index is 12.0. The zero-order chi connectivity index (χ0) is 13.7. The van der Waals surface area contributed by atoms with Crippen LogP contribution in [0.3, 0.4) is 0 Å². The topological polar surface area (TPSA) is 58.4 Å². The molecule has 1 amide bonds. The van der Waals surface area contributed by atoms with Crippen molar-refractivity contribution in [3.8, 4) is 0 Å². The second-order valence-corrected chi connectivity index (χ2v) is 6.05. The van der Waals surface area contributed by atoms with Crippen molar-refractivity contribution in [3.63, 3.8) is 0 Å². The van der Waals surface area contributed by atoms with Gasteiger partial charge in [-0.3, -0.25) is 9.69 Å². The molecule has 0 spiro atoms. The first-order valence-corrected chi connectivity index (χ1v) is 7.19. The van der Waals surface area contributed by atoms with E-state index in [4.69, 9.17) is 5.73 Å². The molecule has 3 N–H and O–H groups in total. The first-order valence-electron chi connectivity index (χ1n) is 7.19. The van der Waals surface area contributed by atoms with Gasteiger partial charge in [-0.15, -0.1) is 12.4 Å². The number of amides is 1. The number of carbonyl (C=O) groups is 1. The highest BCUT2D eigenvalue weighted by Gasteiger charge is 2.27. The van der Waals surface area contributed by atoms with E-state index in [1.807, 2.05) is 6.92 Å². The Morgan fingerprint density at radius 2 is 1.79 bits per heavy atom. The highest BCUT2D eigenvalue weighted by Crippen LogP contribution is 2.21. The Labute approximate surface area is 123 Å². The minimum absolute atomic E-state index is 0. The summed E-state index contributed by atoms with van der Waals surface area (Å²) in [4.78, 5) is 14.3. The van der Waals surface area contributed by atoms with E-state index in [0.717, 1.165) is 32.5 Å². The molecule has 0 radical (unpaired) electrons. The molecule has 1 aliphatic heterocycles. The SMILES string of the molecule is CC(C)CNC(=O)C(C)N1CCC(C(C)N)CC1.Cl. The predicted octanol–water partition coefficient (Wildman–Crippen LogP) is 1.63. The second-order valence-electron chi connectivity index (χ2n) is 6.05. The highest BCUT2D eigenvalue weighted by atomic mass is 35.5. The van der Waals surface area contributed by atoms with Gasteiger partial charge < -0.3 is 11.1 Å². The molecule has 1 saturated heterocycles. The largest absolute Gasteiger partial charge is 0.354 e. The molecule has 19 heavy (non-hydrogen) atoms. The van der Waals surface area contributed by atoms with Crippen molar-refractivity contribution in [1.82, 2.24) is 10.2 Å². The number of piperidine rings is 1. The molecule has 2 atom stereocenters. The van der Waals surface area contributed by atoms with Crippen molar-refractivity contribution >= 4 is 18.3 Å². The maximum atomic E-state index is 12.0. The van der Waals surface area contributed by atoms with Gasteiger partial charge in [-0.2, -0.15) is 0 Å². The van der Waals surface area contributed by atoms with Crippen molar-refractivity contribution in [2.45, 2.75) is 52.6 Å². The van der Waals surface area contributed by atoms with Crippen LogP contribution < -0.4 is 11.1 Å². The number of hydrogen-bond donors (Lipinski definition) is 2. The number of rotatable bonds is 5. The highest BCUT2D eigenvalue weighted by molar-refractivity contribution is 5.85. The fraction of sp³-hybridized carbons (Fsp3) is 0.929. The first-order chi connectivity index (χ1) is 8.41. The average Bonchev–Trinajstić information content (AvgIpc) is 2.35. The number of nitrogens with one attached hydrogen (secondary N) is 1. The lowest BCUT2D eigenvalue weighted by Crippen LogP contribution is -2.50. The minimum Gasteiger partial charge on any atom is -0.354 e. The van der Waals surface area contributed by atoms with E-state index >= 15 is 0 Å². The van der Waals surface area contributed by atoms with Gasteiger partial charge in [-0.05, 0) is 51.6 Å². The summed E-state index contributed by atoms with van der Waals surface area (Å²) in [6.07, 6.45) is 2.22. The molecule has 0 aromatic carbocycles. The quantitative estimate of drug-likeness (QED) is 0.809. The number of likely N-dealkylation sites (tertiary alicyclic amines) is 1. The van der Waals surface area contributed by atoms with Gasteiger partial charge in [0.05, 0.1) is 6.04 Å². The molecule has 1 fully saturated rings. The van der Waals surface area contributed by atoms with Crippen LogP contribution in [0.1, 0.15) is 40.5 Å². The summed E-state index contributed by atoms with van der Waals surface area (Å²) in [6, 6.07) is 0.259. The van der Waals surface area contributed by atoms with Crippen LogP contribution in [0.25, 0.3) is 0 Å². The molecule has 1 rings (SSSR count). The van der Waals surface area contributed by atoms with Crippen LogP contribution in [0, 0.1) is 11.8 Å². The van der Waals surface area contributed by atoms with Gasteiger partial charge in [0.15, 0.2) is 0 Å². The van der Waals surface area contributed by atoms with Crippen molar-refractivity contribution < 1.29 is 4.79 Å². The smallest absolute Gasteiger partial charge is 0.237 e. The standard InChI is InChI=1S/C14H29N3O.ClH/c1-10(2)9-16-14(18)12(4)17-7-5-13(6-8-17)11(3)15;/h10-13H,5-9,15H2,1-4H3,(H,16,18);1H. The number of carbonyl (C=O) groups excluding carboxylic acids is 1. The third kappa shape index (κ3) is 6.11. The van der Waals surface area contributed by atoms with E-state index in [1.165, 1.54) is 0 Å². The van der Waals surface area contributed by atoms with E-state index in [-0.39, 0.29) is 30.4 Å². The molecule has 1 aliphatic rings. The maximum Gasteiger partial charge on any atom is 0.237 e. The van der Waals surface area contributed by atoms with Gasteiger partial charge in [-0.1, -0.05) is 13.8 Å². The summed E-state index contributed by atoms with van der Waals surface area (Å²) in [6.45, 7) is 11.0. The molecule has 114 valence electrons. The first kappa shape index (κ1) is 18.7. The predicted molar refractivity (Wildman–Crippen MR) is 82.5 cm³/mol. The van der Waals surface area contributed by atoms with E-state index in [0.29, 0.717) is 11.8 Å². The number of nitrogens with two attached hydrogens (primary N) is 1. The molecule has 0 aromatic heterocycles. The zero-order valence-electron chi connectivity index (χ0n) is 12.7. The number of halogens is 1. The van der Waals surface area contributed by atoms with Crippen molar-refractivity contribution in [2.75, 3.05) is 19.6 Å². The third-order valence-corrected chi connectivity index (χ3v) is 3.93. The lowest BCUT2D eigenvalue weighted by molar-refractivity contribution is -0.126. The zero-order valence-corrected chi connectivity index (χ0v) is 13.5. The molecule has 0 aliphatic carbocycles. The van der Waals surface area contributed by atoms with Crippen LogP contribution in [-0.4, -0.2) is 42.5 Å². The normalized spacial score (nSPS) is 20.7. The van der Waals surface area contributed by atoms with Crippen molar-refractivity contribution in [1.29, 1.82) is 0 Å². The Morgan fingerprint density at radius 1 is 1.26 bits per heavy atom. The van der Waals surface area contributed by atoms with E-state index in [2.05, 4.69) is 31.0 Å². The Bertz CT molecular complexity index is 263. The van der Waals surface area contributed by atoms with Crippen LogP contribution in [0.15, 0.2) is 0 Å². The van der Waals surface area contributed by atoms with Gasteiger partial charge >= 0.3 is 0 Å². The van der Waals surface area contributed by atoms with Gasteiger partial charge in [0.2, 0.25) is 5.91 Å². The Hall–Kier alpha value is -0.320. The molecule has 0 aromatic rings. The monoisotopic (exact) mass is 291 g/mol. The molecular weight excluding hydrogens is 262 g/mol. The number of hydrogen-bond acceptors (Lipinski definition) is 3. The number of nitrogens with zero attached hydrogens (tertiary/aromatic N) is 1. The fourth-order valence-corrected chi connectivity index (χ4v) is 2.45. The average molecular weight is 292 g/mol. The van der Waals surface area contributed by atoms with E-state index in [9.17, 15) is 4.79 Å². The summed E-state index contributed by atoms with van der Waals surface area (Å²) < 4.78 is 0. The van der Waals surface area contributed by atoms with Crippen LogP contribution in [0.5, 0.6) is 0 Å². The molecule has 0 bridgehead atoms. The summed E-state index contributed by atoms with van der Waals surface area (Å²) in [5.41, 5.74) is 5.93. The van der Waals surface area contributed by atoms with Gasteiger partial charge in [-0.25, -0.2) is 0 Å². The second kappa shape index (κ2) is 8.77. The summed E-state index contributed by atoms with van der Waals surface area (Å²) in [5, 5.41) is 3.01. The summed E-state index contributed by atoms with van der Waals surface area (Å²) in [7, 11) is 0. The van der Waals surface area contributed by atoms with Crippen molar-refractivity contribution in [2.24, 2.45) is 17.6 Å². The van der Waals surface area contributed by atoms with Gasteiger partial charge in [0.25, 0.3) is 0 Å². The summed E-state index contributed by atoms with van der Waals surface area (Å²) in [5.74, 6) is 1.28. The molecule has 4 nitrogen and oxygen atoms in total. The molecular formula is C14H30ClN3O. The van der Waals surface area contributed by atoms with Crippen LogP contribution >= 0.6 is 12.4 Å². The minimum atomic E-state index is -0.0159. The van der Waals surface area contributed by atoms with E-state index in [1.54, 1.807) is 0 Å². The Morgan fingerprint density at radius 3 is 2.21 bits per heavy atom. The fourth-order valence-electron chi connectivity index (χ4n) is 2.45. The lowest BCUT2D eigenvalue weighted by atomic mass is 9.90. The van der Waals surface area contributed by atoms with Gasteiger partial charge in [0, 0.05) is 12.6 Å². The molecule has 5 heteroatoms. The van der Waals surface area contributed by atoms with E-state index < -0.39 is 0 Å². The van der Waals surface area contributed by atoms with Crippen molar-refractivity contribution in [3.05, 3.63) is 0 Å². The van der Waals surface area contributed by atoms with Gasteiger partial charge in [0.1, 0.15) is 0 Å². The Balaban J connectivity index is 0.00000324. The molecule has 1 heterocycles. The summed E-state index contributed by atoms with van der Waals surface area (Å²) >= 11 is 0. The lowest BCUT2D eigenvalue weighted by Gasteiger charge is -2.36. The van der Waals surface area contributed by atoms with Crippen LogP contribution in [0.4, 0.5) is 0 Å². The Kier molecular flexibility index (Phi) is 8.62. The van der Waals surface area contributed by atoms with Crippen LogP contribution in [0.2, 0.25) is 0 Å².